The van der Waals surface area contributed by atoms with Gasteiger partial charge in [-0.25, -0.2) is 9.97 Å². The number of aromatic nitrogens is 3. The van der Waals surface area contributed by atoms with Gasteiger partial charge < -0.3 is 4.98 Å². The molecule has 0 atom stereocenters. The molecule has 0 aliphatic rings. The lowest BCUT2D eigenvalue weighted by Crippen LogP contribution is -1.79. The Labute approximate surface area is 111 Å². The monoisotopic (exact) mass is 307 g/mol. The second-order valence-electron chi connectivity index (χ2n) is 3.89. The lowest BCUT2D eigenvalue weighted by molar-refractivity contribution is 1.19. The van der Waals surface area contributed by atoms with E-state index in [-0.39, 0.29) is 0 Å². The summed E-state index contributed by atoms with van der Waals surface area (Å²) in [6, 6.07) is 6.04. The summed E-state index contributed by atoms with van der Waals surface area (Å²) in [6.07, 6.45) is 0. The van der Waals surface area contributed by atoms with E-state index in [0.717, 1.165) is 36.9 Å². The van der Waals surface area contributed by atoms with Crippen LogP contribution < -0.4 is 0 Å². The van der Waals surface area contributed by atoms with Gasteiger partial charge in [-0.2, -0.15) is 0 Å². The fourth-order valence-electron chi connectivity index (χ4n) is 1.84. The van der Waals surface area contributed by atoms with Crippen molar-refractivity contribution >= 4 is 38.3 Å². The molecule has 2 heterocycles. The zero-order valence-electron chi connectivity index (χ0n) is 9.41. The molecule has 1 N–H and O–H groups in total. The molecule has 0 saturated carbocycles. The Hall–Kier alpha value is -1.20. The van der Waals surface area contributed by atoms with Crippen molar-refractivity contribution in [3.8, 4) is 10.7 Å². The van der Waals surface area contributed by atoms with E-state index in [2.05, 4.69) is 30.9 Å². The average Bonchev–Trinajstić information content (AvgIpc) is 2.80. The number of nitrogens with one attached hydrogen (secondary N) is 1. The molecule has 0 aliphatic heterocycles. The largest absolute Gasteiger partial charge is 0.337 e. The first-order valence-corrected chi connectivity index (χ1v) is 6.84. The molecule has 0 spiro atoms. The molecule has 0 amide bonds. The van der Waals surface area contributed by atoms with E-state index in [4.69, 9.17) is 0 Å². The Morgan fingerprint density at radius 2 is 2.06 bits per heavy atom. The summed E-state index contributed by atoms with van der Waals surface area (Å²) in [4.78, 5) is 13.5. The molecule has 1 aromatic carbocycles. The third-order valence-corrected chi connectivity index (χ3v) is 4.14. The molecule has 2 aromatic heterocycles. The van der Waals surface area contributed by atoms with Crippen LogP contribution in [0, 0.1) is 13.8 Å². The van der Waals surface area contributed by atoms with Crippen LogP contribution >= 0.6 is 27.3 Å². The van der Waals surface area contributed by atoms with Gasteiger partial charge in [0.15, 0.2) is 5.82 Å². The Morgan fingerprint density at radius 1 is 1.24 bits per heavy atom. The molecule has 3 rings (SSSR count). The molecule has 86 valence electrons. The number of hydrogen-bond acceptors (Lipinski definition) is 3. The van der Waals surface area contributed by atoms with Crippen molar-refractivity contribution < 1.29 is 0 Å². The Kier molecular flexibility index (Phi) is 2.52. The van der Waals surface area contributed by atoms with Gasteiger partial charge in [0.1, 0.15) is 0 Å². The highest BCUT2D eigenvalue weighted by molar-refractivity contribution is 9.10. The third-order valence-electron chi connectivity index (χ3n) is 2.56. The highest BCUT2D eigenvalue weighted by Gasteiger charge is 2.11. The SMILES string of the molecule is Cc1nc(C)c(-c2nc3ccc(Br)cc3[nH]2)s1. The van der Waals surface area contributed by atoms with Crippen LogP contribution in [0.5, 0.6) is 0 Å². The van der Waals surface area contributed by atoms with Gasteiger partial charge >= 0.3 is 0 Å². The van der Waals surface area contributed by atoms with Gasteiger partial charge in [0.05, 0.1) is 26.6 Å². The number of nitrogens with zero attached hydrogens (tertiary/aromatic N) is 2. The number of H-pyrrole nitrogens is 1. The van der Waals surface area contributed by atoms with Crippen molar-refractivity contribution in [3.05, 3.63) is 33.4 Å². The van der Waals surface area contributed by atoms with Crippen LogP contribution in [0.2, 0.25) is 0 Å². The maximum atomic E-state index is 4.59. The lowest BCUT2D eigenvalue weighted by atomic mass is 10.3. The topological polar surface area (TPSA) is 41.6 Å². The van der Waals surface area contributed by atoms with E-state index >= 15 is 0 Å². The number of imidazole rings is 1. The van der Waals surface area contributed by atoms with Crippen LogP contribution in [-0.2, 0) is 0 Å². The minimum Gasteiger partial charge on any atom is -0.337 e. The minimum atomic E-state index is 0.904. The van der Waals surface area contributed by atoms with Gasteiger partial charge in [0, 0.05) is 4.47 Å². The molecular weight excluding hydrogens is 298 g/mol. The summed E-state index contributed by atoms with van der Waals surface area (Å²) >= 11 is 5.13. The van der Waals surface area contributed by atoms with Crippen LogP contribution in [-0.4, -0.2) is 15.0 Å². The Balaban J connectivity index is 2.21. The molecule has 0 bridgehead atoms. The fraction of sp³-hybridized carbons (Fsp3) is 0.167. The maximum absolute atomic E-state index is 4.59. The summed E-state index contributed by atoms with van der Waals surface area (Å²) in [6.45, 7) is 4.03. The van der Waals surface area contributed by atoms with Gasteiger partial charge in [-0.3, -0.25) is 0 Å². The van der Waals surface area contributed by atoms with Crippen LogP contribution in [0.4, 0.5) is 0 Å². The van der Waals surface area contributed by atoms with Crippen molar-refractivity contribution in [1.29, 1.82) is 0 Å². The van der Waals surface area contributed by atoms with Gasteiger partial charge in [-0.05, 0) is 32.0 Å². The first-order valence-electron chi connectivity index (χ1n) is 5.23. The van der Waals surface area contributed by atoms with Gasteiger partial charge in [-0.1, -0.05) is 15.9 Å². The number of aromatic amines is 1. The summed E-state index contributed by atoms with van der Waals surface area (Å²) < 4.78 is 1.05. The van der Waals surface area contributed by atoms with E-state index in [0.29, 0.717) is 0 Å². The van der Waals surface area contributed by atoms with Crippen LogP contribution in [0.3, 0.4) is 0 Å². The van der Waals surface area contributed by atoms with Crippen LogP contribution in [0.25, 0.3) is 21.7 Å². The predicted octanol–water partition coefficient (Wildman–Crippen LogP) is 4.07. The minimum absolute atomic E-state index is 0.904. The lowest BCUT2D eigenvalue weighted by Gasteiger charge is -1.90. The highest BCUT2D eigenvalue weighted by atomic mass is 79.9. The quantitative estimate of drug-likeness (QED) is 0.736. The van der Waals surface area contributed by atoms with Crippen molar-refractivity contribution in [1.82, 2.24) is 15.0 Å². The third kappa shape index (κ3) is 1.89. The van der Waals surface area contributed by atoms with E-state index < -0.39 is 0 Å². The number of aryl methyl sites for hydroxylation is 2. The Morgan fingerprint density at radius 3 is 2.76 bits per heavy atom. The number of hydrogen-bond donors (Lipinski definition) is 1. The molecule has 3 nitrogen and oxygen atoms in total. The number of halogens is 1. The summed E-state index contributed by atoms with van der Waals surface area (Å²) in [5.41, 5.74) is 3.05. The summed E-state index contributed by atoms with van der Waals surface area (Å²) in [7, 11) is 0. The van der Waals surface area contributed by atoms with Gasteiger partial charge in [-0.15, -0.1) is 11.3 Å². The number of rotatable bonds is 1. The predicted molar refractivity (Wildman–Crippen MR) is 74.4 cm³/mol. The first-order chi connectivity index (χ1) is 8.13. The van der Waals surface area contributed by atoms with Crippen molar-refractivity contribution in [2.45, 2.75) is 13.8 Å². The van der Waals surface area contributed by atoms with E-state index in [1.165, 1.54) is 0 Å². The summed E-state index contributed by atoms with van der Waals surface area (Å²) in [5.74, 6) is 0.904. The van der Waals surface area contributed by atoms with E-state index in [1.807, 2.05) is 32.0 Å². The zero-order valence-corrected chi connectivity index (χ0v) is 11.8. The molecule has 0 saturated heterocycles. The van der Waals surface area contributed by atoms with E-state index in [9.17, 15) is 0 Å². The van der Waals surface area contributed by atoms with Gasteiger partial charge in [0.25, 0.3) is 0 Å². The van der Waals surface area contributed by atoms with Crippen LogP contribution in [0.15, 0.2) is 22.7 Å². The summed E-state index contributed by atoms with van der Waals surface area (Å²) in [5, 5.41) is 1.07. The van der Waals surface area contributed by atoms with Gasteiger partial charge in [0.2, 0.25) is 0 Å². The zero-order chi connectivity index (χ0) is 12.0. The molecule has 0 radical (unpaired) electrons. The first kappa shape index (κ1) is 10.9. The van der Waals surface area contributed by atoms with E-state index in [1.54, 1.807) is 11.3 Å². The second-order valence-corrected chi connectivity index (χ2v) is 6.01. The fourth-order valence-corrected chi connectivity index (χ4v) is 3.07. The molecule has 0 aliphatic carbocycles. The molecule has 0 unspecified atom stereocenters. The Bertz CT molecular complexity index is 699. The number of benzene rings is 1. The smallest absolute Gasteiger partial charge is 0.150 e. The van der Waals surface area contributed by atoms with Crippen LogP contribution in [0.1, 0.15) is 10.7 Å². The average molecular weight is 308 g/mol. The molecule has 3 aromatic rings. The molecular formula is C12H10BrN3S. The number of fused-ring (bicyclic) bond motifs is 1. The normalized spacial score (nSPS) is 11.2. The standard InChI is InChI=1S/C12H10BrN3S/c1-6-11(17-7(2)14-6)12-15-9-4-3-8(13)5-10(9)16-12/h3-5H,1-2H3,(H,15,16). The van der Waals surface area contributed by atoms with Crippen molar-refractivity contribution in [2.24, 2.45) is 0 Å². The van der Waals surface area contributed by atoms with Crippen molar-refractivity contribution in [2.75, 3.05) is 0 Å². The second kappa shape index (κ2) is 3.92. The molecule has 17 heavy (non-hydrogen) atoms. The maximum Gasteiger partial charge on any atom is 0.150 e. The van der Waals surface area contributed by atoms with Crippen molar-refractivity contribution in [3.63, 3.8) is 0 Å². The highest BCUT2D eigenvalue weighted by Crippen LogP contribution is 2.29. The molecule has 0 fully saturated rings. The number of thiazole rings is 1. The molecule has 5 heteroatoms.